The van der Waals surface area contributed by atoms with Crippen LogP contribution in [0.15, 0.2) is 85.2 Å². The molecule has 6 heteroatoms. The maximum Gasteiger partial charge on any atom is 0.265 e. The number of carbonyl (C=O) groups excluding carboxylic acids is 1. The van der Waals surface area contributed by atoms with Crippen LogP contribution in [-0.2, 0) is 11.3 Å². The highest BCUT2D eigenvalue weighted by atomic mass is 16.5. The average Bonchev–Trinajstić information content (AvgIpc) is 3.19. The molecule has 4 aromatic rings. The number of rotatable bonds is 7. The Morgan fingerprint density at radius 2 is 1.69 bits per heavy atom. The van der Waals surface area contributed by atoms with Crippen molar-refractivity contribution >= 4 is 17.2 Å². The van der Waals surface area contributed by atoms with E-state index in [1.807, 2.05) is 71.3 Å². The molecule has 6 nitrogen and oxygen atoms in total. The van der Waals surface area contributed by atoms with Crippen LogP contribution in [0.25, 0.3) is 5.65 Å². The summed E-state index contributed by atoms with van der Waals surface area (Å²) < 4.78 is 13.0. The Balaban J connectivity index is 1.58. The van der Waals surface area contributed by atoms with Crippen LogP contribution in [0.4, 0.5) is 5.69 Å². The van der Waals surface area contributed by atoms with Crippen molar-refractivity contribution < 1.29 is 14.3 Å². The summed E-state index contributed by atoms with van der Waals surface area (Å²) in [5.74, 6) is 0.965. The second kappa shape index (κ2) is 8.48. The molecular weight excluding hydrogens is 366 g/mol. The molecular formula is C23H21N3O3. The average molecular weight is 387 g/mol. The number of hydrogen-bond acceptors (Lipinski definition) is 4. The molecule has 2 aromatic heterocycles. The lowest BCUT2D eigenvalue weighted by Crippen LogP contribution is -2.35. The third kappa shape index (κ3) is 4.06. The van der Waals surface area contributed by atoms with Gasteiger partial charge in [0.15, 0.2) is 18.1 Å². The number of hydrogen-bond donors (Lipinski definition) is 0. The number of benzene rings is 2. The number of anilines is 1. The molecule has 29 heavy (non-hydrogen) atoms. The fraction of sp³-hybridized carbons (Fsp3) is 0.130. The van der Waals surface area contributed by atoms with Crippen LogP contribution in [0.3, 0.4) is 0 Å². The molecule has 0 bridgehead atoms. The normalized spacial score (nSPS) is 10.7. The third-order valence-electron chi connectivity index (χ3n) is 4.60. The van der Waals surface area contributed by atoms with Gasteiger partial charge in [-0.1, -0.05) is 36.4 Å². The first-order valence-corrected chi connectivity index (χ1v) is 9.28. The minimum absolute atomic E-state index is 0.105. The molecule has 146 valence electrons. The van der Waals surface area contributed by atoms with Crippen LogP contribution >= 0.6 is 0 Å². The fourth-order valence-electron chi connectivity index (χ4n) is 3.15. The quantitative estimate of drug-likeness (QED) is 0.482. The van der Waals surface area contributed by atoms with Gasteiger partial charge in [-0.2, -0.15) is 0 Å². The summed E-state index contributed by atoms with van der Waals surface area (Å²) in [7, 11) is 1.57. The van der Waals surface area contributed by atoms with E-state index in [0.717, 1.165) is 17.0 Å². The largest absolute Gasteiger partial charge is 0.493 e. The van der Waals surface area contributed by atoms with Crippen LogP contribution in [0.1, 0.15) is 5.69 Å². The maximum absolute atomic E-state index is 13.1. The van der Waals surface area contributed by atoms with E-state index in [-0.39, 0.29) is 12.5 Å². The number of nitrogens with zero attached hydrogens (tertiary/aromatic N) is 3. The van der Waals surface area contributed by atoms with Crippen LogP contribution in [0.5, 0.6) is 11.5 Å². The molecule has 0 unspecified atom stereocenters. The molecule has 0 spiro atoms. The Morgan fingerprint density at radius 1 is 0.966 bits per heavy atom. The molecule has 0 radical (unpaired) electrons. The zero-order valence-electron chi connectivity index (χ0n) is 16.1. The van der Waals surface area contributed by atoms with Gasteiger partial charge in [0.05, 0.1) is 25.5 Å². The molecule has 0 saturated carbocycles. The Hall–Kier alpha value is -3.80. The van der Waals surface area contributed by atoms with E-state index in [1.165, 1.54) is 0 Å². The highest BCUT2D eigenvalue weighted by molar-refractivity contribution is 5.94. The lowest BCUT2D eigenvalue weighted by molar-refractivity contribution is -0.120. The lowest BCUT2D eigenvalue weighted by Gasteiger charge is -2.23. The van der Waals surface area contributed by atoms with Gasteiger partial charge >= 0.3 is 0 Å². The predicted molar refractivity (Wildman–Crippen MR) is 111 cm³/mol. The van der Waals surface area contributed by atoms with E-state index in [4.69, 9.17) is 9.47 Å². The highest BCUT2D eigenvalue weighted by Crippen LogP contribution is 2.26. The molecule has 4 rings (SSSR count). The summed E-state index contributed by atoms with van der Waals surface area (Å²) in [6.45, 7) is 0.273. The molecule has 0 aliphatic carbocycles. The molecule has 2 heterocycles. The smallest absolute Gasteiger partial charge is 0.265 e. The zero-order chi connectivity index (χ0) is 20.1. The van der Waals surface area contributed by atoms with Gasteiger partial charge in [-0.15, -0.1) is 0 Å². The second-order valence-electron chi connectivity index (χ2n) is 6.43. The van der Waals surface area contributed by atoms with E-state index in [1.54, 1.807) is 30.3 Å². The molecule has 0 N–H and O–H groups in total. The summed E-state index contributed by atoms with van der Waals surface area (Å²) in [4.78, 5) is 19.2. The van der Waals surface area contributed by atoms with Gasteiger partial charge < -0.3 is 18.8 Å². The van der Waals surface area contributed by atoms with Crippen molar-refractivity contribution in [1.29, 1.82) is 0 Å². The molecule has 1 amide bonds. The van der Waals surface area contributed by atoms with E-state index in [2.05, 4.69) is 4.98 Å². The number of para-hydroxylation sites is 3. The second-order valence-corrected chi connectivity index (χ2v) is 6.43. The summed E-state index contributed by atoms with van der Waals surface area (Å²) in [6, 6.07) is 22.6. The molecule has 0 fully saturated rings. The van der Waals surface area contributed by atoms with Gasteiger partial charge in [-0.05, 0) is 36.4 Å². The number of aromatic nitrogens is 2. The highest BCUT2D eigenvalue weighted by Gasteiger charge is 2.19. The standard InChI is InChI=1S/C23H21N3O3/c1-28-20-11-5-6-12-21(20)29-17-23(27)26(18-9-3-2-4-10-18)16-19-15-24-22-13-7-8-14-25(19)22/h2-15H,16-17H2,1H3. The van der Waals surface area contributed by atoms with Crippen molar-refractivity contribution in [2.45, 2.75) is 6.54 Å². The van der Waals surface area contributed by atoms with Gasteiger partial charge in [-0.3, -0.25) is 4.79 Å². The maximum atomic E-state index is 13.1. The van der Waals surface area contributed by atoms with Crippen molar-refractivity contribution in [3.8, 4) is 11.5 Å². The number of pyridine rings is 1. The van der Waals surface area contributed by atoms with Crippen LogP contribution in [-0.4, -0.2) is 29.0 Å². The Kier molecular flexibility index (Phi) is 5.42. The third-order valence-corrected chi connectivity index (χ3v) is 4.60. The number of imidazole rings is 1. The van der Waals surface area contributed by atoms with E-state index in [0.29, 0.717) is 18.0 Å². The summed E-state index contributed by atoms with van der Waals surface area (Å²) in [5, 5.41) is 0. The number of methoxy groups -OCH3 is 1. The van der Waals surface area contributed by atoms with E-state index < -0.39 is 0 Å². The van der Waals surface area contributed by atoms with Gasteiger partial charge in [0.25, 0.3) is 5.91 Å². The van der Waals surface area contributed by atoms with Crippen LogP contribution in [0, 0.1) is 0 Å². The number of amides is 1. The molecule has 0 atom stereocenters. The number of fused-ring (bicyclic) bond motifs is 1. The summed E-state index contributed by atoms with van der Waals surface area (Å²) >= 11 is 0. The van der Waals surface area contributed by atoms with Gasteiger partial charge in [-0.25, -0.2) is 4.98 Å². The van der Waals surface area contributed by atoms with Crippen molar-refractivity contribution in [3.05, 3.63) is 90.9 Å². The molecule has 0 aliphatic rings. The Morgan fingerprint density at radius 3 is 2.48 bits per heavy atom. The van der Waals surface area contributed by atoms with Crippen molar-refractivity contribution in [2.75, 3.05) is 18.6 Å². The molecule has 2 aromatic carbocycles. The minimum atomic E-state index is -0.159. The predicted octanol–water partition coefficient (Wildman–Crippen LogP) is 3.96. The van der Waals surface area contributed by atoms with Gasteiger partial charge in [0.2, 0.25) is 0 Å². The van der Waals surface area contributed by atoms with Crippen molar-refractivity contribution in [3.63, 3.8) is 0 Å². The number of carbonyl (C=O) groups is 1. The first-order chi connectivity index (χ1) is 14.3. The van der Waals surface area contributed by atoms with E-state index >= 15 is 0 Å². The zero-order valence-corrected chi connectivity index (χ0v) is 16.1. The van der Waals surface area contributed by atoms with Crippen LogP contribution in [0.2, 0.25) is 0 Å². The fourth-order valence-corrected chi connectivity index (χ4v) is 3.15. The first kappa shape index (κ1) is 18.6. The SMILES string of the molecule is COc1ccccc1OCC(=O)N(Cc1cnc2ccccn12)c1ccccc1. The monoisotopic (exact) mass is 387 g/mol. The first-order valence-electron chi connectivity index (χ1n) is 9.28. The minimum Gasteiger partial charge on any atom is -0.493 e. The summed E-state index contributed by atoms with van der Waals surface area (Å²) in [6.07, 6.45) is 3.73. The topological polar surface area (TPSA) is 56.1 Å². The Labute approximate surface area is 168 Å². The number of ether oxygens (including phenoxy) is 2. The van der Waals surface area contributed by atoms with Crippen molar-refractivity contribution in [1.82, 2.24) is 9.38 Å². The van der Waals surface area contributed by atoms with Gasteiger partial charge in [0, 0.05) is 11.9 Å². The van der Waals surface area contributed by atoms with E-state index in [9.17, 15) is 4.79 Å². The molecule has 0 aliphatic heterocycles. The van der Waals surface area contributed by atoms with Crippen molar-refractivity contribution in [2.24, 2.45) is 0 Å². The molecule has 0 saturated heterocycles. The lowest BCUT2D eigenvalue weighted by atomic mass is 10.2. The summed E-state index contributed by atoms with van der Waals surface area (Å²) in [5.41, 5.74) is 2.55. The van der Waals surface area contributed by atoms with Gasteiger partial charge in [0.1, 0.15) is 5.65 Å². The Bertz CT molecular complexity index is 1110. The van der Waals surface area contributed by atoms with Crippen LogP contribution < -0.4 is 14.4 Å².